The van der Waals surface area contributed by atoms with Crippen molar-refractivity contribution >= 4 is 24.0 Å². The number of nitrogens with one attached hydrogen (secondary N) is 1. The van der Waals surface area contributed by atoms with Crippen LogP contribution in [0.1, 0.15) is 17.2 Å². The van der Waals surface area contributed by atoms with Gasteiger partial charge in [0.25, 0.3) is 5.91 Å². The fourth-order valence-corrected chi connectivity index (χ4v) is 2.10. The molecule has 0 aliphatic heterocycles. The third-order valence-electron chi connectivity index (χ3n) is 3.50. The predicted molar refractivity (Wildman–Crippen MR) is 93.6 cm³/mol. The lowest BCUT2D eigenvalue weighted by atomic mass is 10.1. The Morgan fingerprint density at radius 2 is 1.56 bits per heavy atom. The van der Waals surface area contributed by atoms with E-state index in [0.29, 0.717) is 5.56 Å². The van der Waals surface area contributed by atoms with E-state index in [0.717, 1.165) is 10.5 Å². The monoisotopic (exact) mass is 338 g/mol. The molecular formula is C19H18N2O4. The number of aliphatic carboxylic acids is 1. The fraction of sp³-hybridized carbons (Fsp3) is 0.105. The maximum Gasteiger partial charge on any atom is 0.330 e. The highest BCUT2D eigenvalue weighted by Crippen LogP contribution is 2.13. The van der Waals surface area contributed by atoms with Gasteiger partial charge in [-0.05, 0) is 17.2 Å². The van der Waals surface area contributed by atoms with Crippen LogP contribution in [0.4, 0.5) is 4.79 Å². The van der Waals surface area contributed by atoms with Crippen LogP contribution in [0.5, 0.6) is 0 Å². The van der Waals surface area contributed by atoms with Gasteiger partial charge in [0.05, 0.1) is 0 Å². The lowest BCUT2D eigenvalue weighted by Gasteiger charge is -2.19. The number of rotatable bonds is 5. The molecule has 25 heavy (non-hydrogen) atoms. The van der Waals surface area contributed by atoms with Gasteiger partial charge >= 0.3 is 12.0 Å². The minimum absolute atomic E-state index is 0.420. The van der Waals surface area contributed by atoms with Gasteiger partial charge in [-0.25, -0.2) is 9.59 Å². The van der Waals surface area contributed by atoms with Crippen LogP contribution in [0.25, 0.3) is 6.08 Å². The maximum atomic E-state index is 12.2. The number of imide groups is 1. The topological polar surface area (TPSA) is 86.7 Å². The Bertz CT molecular complexity index is 773. The summed E-state index contributed by atoms with van der Waals surface area (Å²) in [6.45, 7) is 0. The Labute approximate surface area is 145 Å². The molecule has 0 aliphatic rings. The molecule has 3 amide bonds. The van der Waals surface area contributed by atoms with Crippen LogP contribution in [0.15, 0.2) is 66.7 Å². The SMILES string of the molecule is CN(C(=O)/C=C/c1ccccc1)C(=O)NC(C(=O)O)c1ccccc1. The molecule has 0 aliphatic carbocycles. The third kappa shape index (κ3) is 5.04. The Kier molecular flexibility index (Phi) is 6.06. The molecule has 0 saturated carbocycles. The van der Waals surface area contributed by atoms with Crippen molar-refractivity contribution in [1.82, 2.24) is 10.2 Å². The lowest BCUT2D eigenvalue weighted by Crippen LogP contribution is -2.44. The van der Waals surface area contributed by atoms with Gasteiger partial charge in [-0.15, -0.1) is 0 Å². The fourth-order valence-electron chi connectivity index (χ4n) is 2.10. The number of carbonyl (C=O) groups excluding carboxylic acids is 2. The number of benzene rings is 2. The first kappa shape index (κ1) is 17.9. The summed E-state index contributed by atoms with van der Waals surface area (Å²) in [7, 11) is 1.29. The highest BCUT2D eigenvalue weighted by atomic mass is 16.4. The van der Waals surface area contributed by atoms with E-state index in [1.807, 2.05) is 30.3 Å². The summed E-state index contributed by atoms with van der Waals surface area (Å²) >= 11 is 0. The van der Waals surface area contributed by atoms with E-state index in [9.17, 15) is 19.5 Å². The minimum Gasteiger partial charge on any atom is -0.479 e. The molecule has 0 heterocycles. The van der Waals surface area contributed by atoms with Crippen LogP contribution in [-0.2, 0) is 9.59 Å². The molecule has 0 spiro atoms. The van der Waals surface area contributed by atoms with Crippen LogP contribution in [0, 0.1) is 0 Å². The smallest absolute Gasteiger partial charge is 0.330 e. The van der Waals surface area contributed by atoms with Gasteiger partial charge < -0.3 is 10.4 Å². The molecule has 1 unspecified atom stereocenters. The van der Waals surface area contributed by atoms with E-state index in [1.54, 1.807) is 36.4 Å². The van der Waals surface area contributed by atoms with Gasteiger partial charge in [0.2, 0.25) is 0 Å². The Balaban J connectivity index is 2.04. The largest absolute Gasteiger partial charge is 0.479 e. The summed E-state index contributed by atoms with van der Waals surface area (Å²) in [5.41, 5.74) is 1.24. The average molecular weight is 338 g/mol. The second-order valence-corrected chi connectivity index (χ2v) is 5.27. The molecule has 6 heteroatoms. The van der Waals surface area contributed by atoms with Gasteiger partial charge in [-0.3, -0.25) is 9.69 Å². The molecule has 2 aromatic rings. The summed E-state index contributed by atoms with van der Waals surface area (Å²) in [4.78, 5) is 36.5. The molecule has 2 N–H and O–H groups in total. The zero-order valence-corrected chi connectivity index (χ0v) is 13.6. The first-order valence-electron chi connectivity index (χ1n) is 7.58. The number of carbonyl (C=O) groups is 3. The number of nitrogens with zero attached hydrogens (tertiary/aromatic N) is 1. The Morgan fingerprint density at radius 3 is 2.12 bits per heavy atom. The molecule has 1 atom stereocenters. The van der Waals surface area contributed by atoms with Gasteiger partial charge in [0, 0.05) is 13.1 Å². The van der Waals surface area contributed by atoms with E-state index in [1.165, 1.54) is 13.1 Å². The van der Waals surface area contributed by atoms with Crippen LogP contribution in [0.3, 0.4) is 0 Å². The first-order chi connectivity index (χ1) is 12.0. The van der Waals surface area contributed by atoms with Crippen molar-refractivity contribution in [2.24, 2.45) is 0 Å². The van der Waals surface area contributed by atoms with Crippen molar-refractivity contribution in [1.29, 1.82) is 0 Å². The van der Waals surface area contributed by atoms with Crippen LogP contribution < -0.4 is 5.32 Å². The quantitative estimate of drug-likeness (QED) is 0.821. The lowest BCUT2D eigenvalue weighted by molar-refractivity contribution is -0.139. The summed E-state index contributed by atoms with van der Waals surface area (Å²) in [5.74, 6) is -1.77. The summed E-state index contributed by atoms with van der Waals surface area (Å²) < 4.78 is 0. The number of likely N-dealkylation sites (N-methyl/N-ethyl adjacent to an activating group) is 1. The number of amides is 3. The number of urea groups is 1. The highest BCUT2D eigenvalue weighted by molar-refractivity contribution is 6.02. The van der Waals surface area contributed by atoms with Crippen molar-refractivity contribution < 1.29 is 19.5 Å². The van der Waals surface area contributed by atoms with Crippen molar-refractivity contribution in [3.05, 3.63) is 77.9 Å². The number of carboxylic acid groups (broad SMARTS) is 1. The average Bonchev–Trinajstić information content (AvgIpc) is 2.64. The van der Waals surface area contributed by atoms with Gasteiger partial charge in [0.15, 0.2) is 6.04 Å². The predicted octanol–water partition coefficient (Wildman–Crippen LogP) is 2.69. The molecule has 6 nitrogen and oxygen atoms in total. The van der Waals surface area contributed by atoms with Crippen molar-refractivity contribution in [3.8, 4) is 0 Å². The van der Waals surface area contributed by atoms with E-state index in [2.05, 4.69) is 5.32 Å². The van der Waals surface area contributed by atoms with Crippen molar-refractivity contribution in [3.63, 3.8) is 0 Å². The molecular weight excluding hydrogens is 320 g/mol. The molecule has 128 valence electrons. The molecule has 0 bridgehead atoms. The number of carboxylic acids is 1. The van der Waals surface area contributed by atoms with Gasteiger partial charge in [-0.1, -0.05) is 60.7 Å². The normalized spacial score (nSPS) is 11.7. The van der Waals surface area contributed by atoms with Gasteiger partial charge in [0.1, 0.15) is 0 Å². The zero-order chi connectivity index (χ0) is 18.2. The molecule has 0 radical (unpaired) electrons. The van der Waals surface area contributed by atoms with Crippen LogP contribution in [0.2, 0.25) is 0 Å². The number of hydrogen-bond acceptors (Lipinski definition) is 3. The van der Waals surface area contributed by atoms with Crippen molar-refractivity contribution in [2.75, 3.05) is 7.05 Å². The standard InChI is InChI=1S/C19H18N2O4/c1-21(16(22)13-12-14-8-4-2-5-9-14)19(25)20-17(18(23)24)15-10-6-3-7-11-15/h2-13,17H,1H3,(H,20,25)(H,23,24)/b13-12+. The van der Waals surface area contributed by atoms with E-state index in [-0.39, 0.29) is 0 Å². The molecule has 0 aromatic heterocycles. The highest BCUT2D eigenvalue weighted by Gasteiger charge is 2.25. The van der Waals surface area contributed by atoms with Crippen LogP contribution in [-0.4, -0.2) is 35.0 Å². The second-order valence-electron chi connectivity index (χ2n) is 5.27. The number of hydrogen-bond donors (Lipinski definition) is 2. The third-order valence-corrected chi connectivity index (χ3v) is 3.50. The summed E-state index contributed by atoms with van der Waals surface area (Å²) in [6.07, 6.45) is 2.84. The Morgan fingerprint density at radius 1 is 1.00 bits per heavy atom. The second kappa shape index (κ2) is 8.44. The Hall–Kier alpha value is -3.41. The van der Waals surface area contributed by atoms with E-state index < -0.39 is 23.9 Å². The van der Waals surface area contributed by atoms with E-state index in [4.69, 9.17) is 0 Å². The molecule has 2 rings (SSSR count). The molecule has 2 aromatic carbocycles. The summed E-state index contributed by atoms with van der Waals surface area (Å²) in [5, 5.41) is 11.7. The summed E-state index contributed by atoms with van der Waals surface area (Å²) in [6, 6.07) is 15.4. The van der Waals surface area contributed by atoms with E-state index >= 15 is 0 Å². The minimum atomic E-state index is -1.23. The van der Waals surface area contributed by atoms with Crippen LogP contribution >= 0.6 is 0 Å². The zero-order valence-electron chi connectivity index (χ0n) is 13.6. The molecule has 0 saturated heterocycles. The first-order valence-corrected chi connectivity index (χ1v) is 7.58. The molecule has 0 fully saturated rings. The van der Waals surface area contributed by atoms with Gasteiger partial charge in [-0.2, -0.15) is 0 Å². The maximum absolute atomic E-state index is 12.2. The van der Waals surface area contributed by atoms with Crippen molar-refractivity contribution in [2.45, 2.75) is 6.04 Å².